The van der Waals surface area contributed by atoms with Gasteiger partial charge in [0, 0.05) is 16.4 Å². The molecule has 3 N–H and O–H groups in total. The molecule has 0 aliphatic carbocycles. The molecule has 2 rings (SSSR count). The van der Waals surface area contributed by atoms with Gasteiger partial charge in [-0.3, -0.25) is 4.72 Å². The Morgan fingerprint density at radius 3 is 2.67 bits per heavy atom. The van der Waals surface area contributed by atoms with E-state index in [0.29, 0.717) is 16.1 Å². The van der Waals surface area contributed by atoms with Crippen LogP contribution in [0, 0.1) is 0 Å². The van der Waals surface area contributed by atoms with E-state index in [1.165, 1.54) is 17.4 Å². The van der Waals surface area contributed by atoms with Gasteiger partial charge in [0.2, 0.25) is 0 Å². The number of nitrogens with one attached hydrogen (secondary N) is 1. The van der Waals surface area contributed by atoms with Gasteiger partial charge in [0.1, 0.15) is 4.90 Å². The quantitative estimate of drug-likeness (QED) is 0.821. The van der Waals surface area contributed by atoms with Crippen LogP contribution in [0.5, 0.6) is 0 Å². The Bertz CT molecular complexity index is 742. The van der Waals surface area contributed by atoms with Gasteiger partial charge in [-0.2, -0.15) is 0 Å². The summed E-state index contributed by atoms with van der Waals surface area (Å²) in [7, 11) is -3.67. The lowest BCUT2D eigenvalue weighted by atomic mass is 10.2. The largest absolute Gasteiger partial charge is 0.326 e. The first-order chi connectivity index (χ1) is 9.83. The van der Waals surface area contributed by atoms with E-state index >= 15 is 0 Å². The second kappa shape index (κ2) is 6.43. The second-order valence-electron chi connectivity index (χ2n) is 4.81. The van der Waals surface area contributed by atoms with Gasteiger partial charge in [0.05, 0.1) is 5.69 Å². The minimum atomic E-state index is -3.67. The van der Waals surface area contributed by atoms with E-state index in [4.69, 9.17) is 5.73 Å². The van der Waals surface area contributed by atoms with Gasteiger partial charge in [-0.05, 0) is 39.5 Å². The van der Waals surface area contributed by atoms with E-state index in [0.717, 1.165) is 11.3 Å². The predicted octanol–water partition coefficient (Wildman–Crippen LogP) is 3.29. The van der Waals surface area contributed by atoms with Crippen molar-refractivity contribution in [2.45, 2.75) is 31.2 Å². The smallest absolute Gasteiger partial charge is 0.264 e. The molecule has 0 radical (unpaired) electrons. The molecule has 0 bridgehead atoms. The molecule has 114 valence electrons. The maximum atomic E-state index is 12.4. The number of hydrogen-bond donors (Lipinski definition) is 2. The first kappa shape index (κ1) is 16.4. The molecule has 0 atom stereocenters. The molecule has 0 aliphatic heterocycles. The average molecular weight is 390 g/mol. The third-order valence-electron chi connectivity index (χ3n) is 2.86. The molecular weight excluding hydrogens is 374 g/mol. The lowest BCUT2D eigenvalue weighted by molar-refractivity contribution is 0.600. The number of nitrogens with zero attached hydrogens (tertiary/aromatic N) is 1. The summed E-state index contributed by atoms with van der Waals surface area (Å²) < 4.78 is 27.8. The molecule has 0 saturated carbocycles. The minimum Gasteiger partial charge on any atom is -0.326 e. The Morgan fingerprint density at radius 1 is 1.43 bits per heavy atom. The normalized spacial score (nSPS) is 11.9. The first-order valence-corrected chi connectivity index (χ1v) is 9.46. The Morgan fingerprint density at radius 2 is 2.14 bits per heavy atom. The van der Waals surface area contributed by atoms with E-state index in [1.54, 1.807) is 12.1 Å². The van der Waals surface area contributed by atoms with Crippen molar-refractivity contribution in [3.05, 3.63) is 39.3 Å². The summed E-state index contributed by atoms with van der Waals surface area (Å²) in [5, 5.41) is 2.23. The summed E-state index contributed by atoms with van der Waals surface area (Å²) >= 11 is 4.55. The second-order valence-corrected chi connectivity index (χ2v) is 8.17. The summed E-state index contributed by atoms with van der Waals surface area (Å²) in [5.41, 5.74) is 7.27. The highest BCUT2D eigenvalue weighted by molar-refractivity contribution is 9.10. The average Bonchev–Trinajstić information content (AvgIpc) is 2.86. The van der Waals surface area contributed by atoms with Crippen molar-refractivity contribution < 1.29 is 8.42 Å². The lowest BCUT2D eigenvalue weighted by Gasteiger charge is -2.08. The van der Waals surface area contributed by atoms with Crippen LogP contribution in [-0.2, 0) is 16.6 Å². The zero-order chi connectivity index (χ0) is 15.6. The van der Waals surface area contributed by atoms with E-state index in [9.17, 15) is 8.42 Å². The molecule has 1 aromatic heterocycles. The molecule has 0 spiro atoms. The maximum Gasteiger partial charge on any atom is 0.264 e. The van der Waals surface area contributed by atoms with Gasteiger partial charge < -0.3 is 5.73 Å². The van der Waals surface area contributed by atoms with E-state index in [1.807, 2.05) is 19.2 Å². The number of aromatic nitrogens is 1. The third kappa shape index (κ3) is 3.82. The summed E-state index contributed by atoms with van der Waals surface area (Å²) in [5.74, 6) is 0.259. The van der Waals surface area contributed by atoms with Crippen LogP contribution in [-0.4, -0.2) is 13.4 Å². The fourth-order valence-corrected chi connectivity index (χ4v) is 4.91. The van der Waals surface area contributed by atoms with E-state index in [2.05, 4.69) is 25.6 Å². The topological polar surface area (TPSA) is 85.1 Å². The zero-order valence-corrected chi connectivity index (χ0v) is 14.8. The highest BCUT2D eigenvalue weighted by Gasteiger charge is 2.19. The number of hydrogen-bond acceptors (Lipinski definition) is 5. The molecule has 0 saturated heterocycles. The van der Waals surface area contributed by atoms with Gasteiger partial charge in [-0.25, -0.2) is 13.4 Å². The summed E-state index contributed by atoms with van der Waals surface area (Å²) in [4.78, 5) is 4.44. The first-order valence-electron chi connectivity index (χ1n) is 6.30. The zero-order valence-electron chi connectivity index (χ0n) is 11.6. The molecule has 1 heterocycles. The van der Waals surface area contributed by atoms with Crippen molar-refractivity contribution in [3.8, 4) is 0 Å². The van der Waals surface area contributed by atoms with Crippen molar-refractivity contribution >= 4 is 42.4 Å². The number of benzene rings is 1. The monoisotopic (exact) mass is 389 g/mol. The van der Waals surface area contributed by atoms with Crippen LogP contribution >= 0.6 is 27.3 Å². The molecule has 8 heteroatoms. The number of halogens is 1. The van der Waals surface area contributed by atoms with Crippen molar-refractivity contribution in [1.82, 2.24) is 4.98 Å². The number of nitrogens with two attached hydrogens (primary N) is 1. The molecule has 5 nitrogen and oxygen atoms in total. The summed E-state index contributed by atoms with van der Waals surface area (Å²) in [6.45, 7) is 4.38. The molecule has 0 unspecified atom stereocenters. The predicted molar refractivity (Wildman–Crippen MR) is 89.0 cm³/mol. The standard InChI is InChI=1S/C13H16BrN3O2S2/c1-8(2)11-7-20-13(16-11)17-21(18,19)12-4-3-9(6-15)5-10(12)14/h3-5,7-8H,6,15H2,1-2H3,(H,16,17). The van der Waals surface area contributed by atoms with Gasteiger partial charge >= 0.3 is 0 Å². The van der Waals surface area contributed by atoms with Crippen molar-refractivity contribution in [2.75, 3.05) is 4.72 Å². The van der Waals surface area contributed by atoms with Crippen LogP contribution in [0.4, 0.5) is 5.13 Å². The van der Waals surface area contributed by atoms with Crippen LogP contribution in [0.25, 0.3) is 0 Å². The number of rotatable bonds is 5. The van der Waals surface area contributed by atoms with Crippen LogP contribution in [0.15, 0.2) is 32.9 Å². The van der Waals surface area contributed by atoms with Crippen molar-refractivity contribution in [3.63, 3.8) is 0 Å². The fraction of sp³-hybridized carbons (Fsp3) is 0.308. The highest BCUT2D eigenvalue weighted by atomic mass is 79.9. The molecule has 0 fully saturated rings. The Hall–Kier alpha value is -0.960. The number of sulfonamides is 1. The Labute approximate surface area is 136 Å². The van der Waals surface area contributed by atoms with E-state index < -0.39 is 10.0 Å². The number of anilines is 1. The maximum absolute atomic E-state index is 12.4. The molecule has 0 aliphatic rings. The van der Waals surface area contributed by atoms with Crippen LogP contribution < -0.4 is 10.5 Å². The summed E-state index contributed by atoms with van der Waals surface area (Å²) in [6.07, 6.45) is 0. The third-order valence-corrected chi connectivity index (χ3v) is 6.08. The highest BCUT2D eigenvalue weighted by Crippen LogP contribution is 2.27. The minimum absolute atomic E-state index is 0.168. The van der Waals surface area contributed by atoms with Gasteiger partial charge in [-0.1, -0.05) is 19.9 Å². The van der Waals surface area contributed by atoms with Crippen LogP contribution in [0.2, 0.25) is 0 Å². The Balaban J connectivity index is 2.29. The molecule has 0 amide bonds. The number of thiazole rings is 1. The molecule has 1 aromatic carbocycles. The lowest BCUT2D eigenvalue weighted by Crippen LogP contribution is -2.14. The summed E-state index contributed by atoms with van der Waals surface area (Å²) in [6, 6.07) is 4.93. The molecule has 21 heavy (non-hydrogen) atoms. The SMILES string of the molecule is CC(C)c1csc(NS(=O)(=O)c2ccc(CN)cc2Br)n1. The van der Waals surface area contributed by atoms with Crippen LogP contribution in [0.1, 0.15) is 31.0 Å². The van der Waals surface area contributed by atoms with Crippen molar-refractivity contribution in [2.24, 2.45) is 5.73 Å². The van der Waals surface area contributed by atoms with Gasteiger partial charge in [-0.15, -0.1) is 11.3 Å². The Kier molecular flexibility index (Phi) is 5.03. The van der Waals surface area contributed by atoms with Crippen LogP contribution in [0.3, 0.4) is 0 Å². The molecule has 2 aromatic rings. The van der Waals surface area contributed by atoms with E-state index in [-0.39, 0.29) is 10.8 Å². The fourth-order valence-electron chi connectivity index (χ4n) is 1.66. The van der Waals surface area contributed by atoms with Crippen molar-refractivity contribution in [1.29, 1.82) is 0 Å². The van der Waals surface area contributed by atoms with Gasteiger partial charge in [0.15, 0.2) is 5.13 Å². The van der Waals surface area contributed by atoms with Gasteiger partial charge in [0.25, 0.3) is 10.0 Å². The molecular formula is C13H16BrN3O2S2.